The van der Waals surface area contributed by atoms with Gasteiger partial charge in [0.2, 0.25) is 5.89 Å². The minimum Gasteiger partial charge on any atom is -0.419 e. The Labute approximate surface area is 141 Å². The van der Waals surface area contributed by atoms with Crippen LogP contribution in [0.5, 0.6) is 0 Å². The van der Waals surface area contributed by atoms with Crippen molar-refractivity contribution in [1.29, 1.82) is 0 Å². The third-order valence-corrected chi connectivity index (χ3v) is 5.23. The fraction of sp³-hybridized carbons (Fsp3) is 0.188. The lowest BCUT2D eigenvalue weighted by molar-refractivity contribution is 0.282. The monoisotopic (exact) mass is 342 g/mol. The lowest BCUT2D eigenvalue weighted by Crippen LogP contribution is -2.17. The van der Waals surface area contributed by atoms with Crippen molar-refractivity contribution < 1.29 is 4.42 Å². The molecule has 3 heterocycles. The molecule has 0 aliphatic rings. The van der Waals surface area contributed by atoms with Crippen molar-refractivity contribution in [3.05, 3.63) is 52.7 Å². The first-order chi connectivity index (χ1) is 11.3. The average molecular weight is 342 g/mol. The summed E-state index contributed by atoms with van der Waals surface area (Å²) in [6.45, 7) is 1.37. The molecule has 0 saturated heterocycles. The summed E-state index contributed by atoms with van der Waals surface area (Å²) in [5.41, 5.74) is 1.05. The van der Waals surface area contributed by atoms with Crippen molar-refractivity contribution in [1.82, 2.24) is 20.1 Å². The maximum absolute atomic E-state index is 5.72. The molecule has 0 unspecified atom stereocenters. The van der Waals surface area contributed by atoms with E-state index in [1.165, 1.54) is 4.70 Å². The zero-order valence-corrected chi connectivity index (χ0v) is 14.1. The number of thiazole rings is 1. The van der Waals surface area contributed by atoms with Crippen LogP contribution in [0.1, 0.15) is 10.9 Å². The maximum Gasteiger partial charge on any atom is 0.257 e. The van der Waals surface area contributed by atoms with Crippen LogP contribution in [-0.2, 0) is 13.1 Å². The fourth-order valence-electron chi connectivity index (χ4n) is 2.32. The Balaban J connectivity index is 1.44. The highest BCUT2D eigenvalue weighted by atomic mass is 32.1. The van der Waals surface area contributed by atoms with E-state index < -0.39 is 0 Å². The standard InChI is InChI=1S/C16H14N4OS2/c1-20(10-15-17-11-5-2-3-6-12(11)23-15)9-14-18-19-16(21-14)13-7-4-8-22-13/h2-8H,9-10H2,1H3. The summed E-state index contributed by atoms with van der Waals surface area (Å²) in [5, 5.41) is 11.3. The smallest absolute Gasteiger partial charge is 0.257 e. The summed E-state index contributed by atoms with van der Waals surface area (Å²) >= 11 is 3.32. The molecule has 0 atom stereocenters. The molecule has 0 fully saturated rings. The fourth-order valence-corrected chi connectivity index (χ4v) is 4.01. The SMILES string of the molecule is CN(Cc1nnc(-c2cccs2)o1)Cc1nc2ccccc2s1. The van der Waals surface area contributed by atoms with Crippen LogP contribution in [0.4, 0.5) is 0 Å². The van der Waals surface area contributed by atoms with Crippen LogP contribution in [-0.4, -0.2) is 27.1 Å². The quantitative estimate of drug-likeness (QED) is 0.548. The van der Waals surface area contributed by atoms with E-state index in [1.807, 2.05) is 42.8 Å². The van der Waals surface area contributed by atoms with Gasteiger partial charge in [0, 0.05) is 0 Å². The van der Waals surface area contributed by atoms with Gasteiger partial charge in [-0.15, -0.1) is 32.9 Å². The van der Waals surface area contributed by atoms with Crippen molar-refractivity contribution in [3.63, 3.8) is 0 Å². The molecule has 0 radical (unpaired) electrons. The van der Waals surface area contributed by atoms with Gasteiger partial charge in [-0.05, 0) is 30.6 Å². The van der Waals surface area contributed by atoms with Gasteiger partial charge in [0.05, 0.1) is 28.2 Å². The highest BCUT2D eigenvalue weighted by Crippen LogP contribution is 2.24. The van der Waals surface area contributed by atoms with E-state index in [0.29, 0.717) is 18.3 Å². The highest BCUT2D eigenvalue weighted by Gasteiger charge is 2.13. The number of benzene rings is 1. The van der Waals surface area contributed by atoms with Gasteiger partial charge in [-0.2, -0.15) is 0 Å². The van der Waals surface area contributed by atoms with Crippen LogP contribution in [0.25, 0.3) is 21.0 Å². The molecule has 3 aromatic heterocycles. The zero-order valence-electron chi connectivity index (χ0n) is 12.5. The molecule has 116 valence electrons. The second kappa shape index (κ2) is 6.19. The molecule has 0 spiro atoms. The lowest BCUT2D eigenvalue weighted by atomic mass is 10.3. The average Bonchev–Trinajstić information content (AvgIpc) is 3.26. The van der Waals surface area contributed by atoms with Gasteiger partial charge in [0.1, 0.15) is 5.01 Å². The minimum absolute atomic E-state index is 0.586. The first-order valence-electron chi connectivity index (χ1n) is 7.17. The van der Waals surface area contributed by atoms with Crippen molar-refractivity contribution in [2.75, 3.05) is 7.05 Å². The second-order valence-corrected chi connectivity index (χ2v) is 7.29. The molecule has 0 bridgehead atoms. The summed E-state index contributed by atoms with van der Waals surface area (Å²) < 4.78 is 6.94. The normalized spacial score (nSPS) is 11.6. The van der Waals surface area contributed by atoms with Crippen LogP contribution < -0.4 is 0 Å². The summed E-state index contributed by atoms with van der Waals surface area (Å²) in [6, 6.07) is 12.1. The van der Waals surface area contributed by atoms with E-state index in [-0.39, 0.29) is 0 Å². The number of aromatic nitrogens is 3. The van der Waals surface area contributed by atoms with Crippen molar-refractivity contribution in [2.24, 2.45) is 0 Å². The van der Waals surface area contributed by atoms with Crippen LogP contribution in [0.2, 0.25) is 0 Å². The molecule has 0 N–H and O–H groups in total. The Morgan fingerprint density at radius 1 is 1.09 bits per heavy atom. The first kappa shape index (κ1) is 14.5. The molecule has 4 rings (SSSR count). The lowest BCUT2D eigenvalue weighted by Gasteiger charge is -2.11. The molecular formula is C16H14N4OS2. The molecule has 0 aliphatic heterocycles. The largest absolute Gasteiger partial charge is 0.419 e. The Hall–Kier alpha value is -2.09. The molecule has 5 nitrogen and oxygen atoms in total. The number of hydrogen-bond donors (Lipinski definition) is 0. The molecule has 0 saturated carbocycles. The number of fused-ring (bicyclic) bond motifs is 1. The van der Waals surface area contributed by atoms with Crippen molar-refractivity contribution in [3.8, 4) is 10.8 Å². The third-order valence-electron chi connectivity index (χ3n) is 3.35. The number of nitrogens with zero attached hydrogens (tertiary/aromatic N) is 4. The van der Waals surface area contributed by atoms with Crippen LogP contribution >= 0.6 is 22.7 Å². The topological polar surface area (TPSA) is 55.1 Å². The third kappa shape index (κ3) is 3.17. The van der Waals surface area contributed by atoms with Crippen LogP contribution in [0, 0.1) is 0 Å². The van der Waals surface area contributed by atoms with Crippen LogP contribution in [0.3, 0.4) is 0 Å². The number of para-hydroxylation sites is 1. The van der Waals surface area contributed by atoms with E-state index in [2.05, 4.69) is 26.1 Å². The second-order valence-electron chi connectivity index (χ2n) is 5.23. The Bertz CT molecular complexity index is 880. The number of hydrogen-bond acceptors (Lipinski definition) is 7. The van der Waals surface area contributed by atoms with Gasteiger partial charge in [-0.3, -0.25) is 4.90 Å². The molecule has 4 aromatic rings. The van der Waals surface area contributed by atoms with Crippen molar-refractivity contribution >= 4 is 32.9 Å². The van der Waals surface area contributed by atoms with E-state index in [9.17, 15) is 0 Å². The summed E-state index contributed by atoms with van der Waals surface area (Å²) in [5.74, 6) is 1.21. The van der Waals surface area contributed by atoms with Crippen LogP contribution in [0.15, 0.2) is 46.2 Å². The molecule has 23 heavy (non-hydrogen) atoms. The minimum atomic E-state index is 0.586. The zero-order chi connectivity index (χ0) is 15.6. The maximum atomic E-state index is 5.72. The summed E-state index contributed by atoms with van der Waals surface area (Å²) in [6.07, 6.45) is 0. The summed E-state index contributed by atoms with van der Waals surface area (Å²) in [7, 11) is 2.03. The van der Waals surface area contributed by atoms with Gasteiger partial charge in [-0.1, -0.05) is 18.2 Å². The van der Waals surface area contributed by atoms with Gasteiger partial charge in [-0.25, -0.2) is 4.98 Å². The molecule has 7 heteroatoms. The predicted octanol–water partition coefficient (Wildman–Crippen LogP) is 4.04. The molecule has 1 aromatic carbocycles. The van der Waals surface area contributed by atoms with E-state index in [1.54, 1.807) is 22.7 Å². The molecular weight excluding hydrogens is 328 g/mol. The van der Waals surface area contributed by atoms with Gasteiger partial charge >= 0.3 is 0 Å². The molecule has 0 amide bonds. The predicted molar refractivity (Wildman–Crippen MR) is 92.4 cm³/mol. The number of rotatable bonds is 5. The summed E-state index contributed by atoms with van der Waals surface area (Å²) in [4.78, 5) is 7.78. The van der Waals surface area contributed by atoms with Gasteiger partial charge < -0.3 is 4.42 Å². The van der Waals surface area contributed by atoms with Gasteiger partial charge in [0.15, 0.2) is 0 Å². The Kier molecular flexibility index (Phi) is 3.90. The first-order valence-corrected chi connectivity index (χ1v) is 8.87. The van der Waals surface area contributed by atoms with E-state index in [4.69, 9.17) is 4.42 Å². The van der Waals surface area contributed by atoms with E-state index in [0.717, 1.165) is 21.9 Å². The molecule has 0 aliphatic carbocycles. The van der Waals surface area contributed by atoms with E-state index >= 15 is 0 Å². The Morgan fingerprint density at radius 3 is 2.83 bits per heavy atom. The number of thiophene rings is 1. The van der Waals surface area contributed by atoms with Crippen molar-refractivity contribution in [2.45, 2.75) is 13.1 Å². The van der Waals surface area contributed by atoms with Gasteiger partial charge in [0.25, 0.3) is 5.89 Å². The Morgan fingerprint density at radius 2 is 2.00 bits per heavy atom. The highest BCUT2D eigenvalue weighted by molar-refractivity contribution is 7.18.